The molecular formula is C18H16ClN3O. The summed E-state index contributed by atoms with van der Waals surface area (Å²) in [6.45, 7) is 2.51. The molecule has 1 heterocycles. The SMILES string of the molecule is Cc1ccc(OCc2ccccc2)cc1-c1cc(Cl)nc(N)n1. The van der Waals surface area contributed by atoms with E-state index in [-0.39, 0.29) is 5.95 Å². The molecule has 0 spiro atoms. The fourth-order valence-corrected chi connectivity index (χ4v) is 2.47. The van der Waals surface area contributed by atoms with Crippen LogP contribution in [0, 0.1) is 6.92 Å². The van der Waals surface area contributed by atoms with Crippen LogP contribution in [0.2, 0.25) is 5.15 Å². The highest BCUT2D eigenvalue weighted by atomic mass is 35.5. The number of nitrogens with zero attached hydrogens (tertiary/aromatic N) is 2. The van der Waals surface area contributed by atoms with E-state index in [0.717, 1.165) is 22.4 Å². The summed E-state index contributed by atoms with van der Waals surface area (Å²) in [6, 6.07) is 17.6. The molecule has 0 amide bonds. The van der Waals surface area contributed by atoms with Crippen molar-refractivity contribution in [3.8, 4) is 17.0 Å². The maximum absolute atomic E-state index is 5.97. The van der Waals surface area contributed by atoms with Gasteiger partial charge < -0.3 is 10.5 Å². The van der Waals surface area contributed by atoms with E-state index in [2.05, 4.69) is 9.97 Å². The van der Waals surface area contributed by atoms with Crippen molar-refractivity contribution in [2.75, 3.05) is 5.73 Å². The maximum atomic E-state index is 5.97. The van der Waals surface area contributed by atoms with Crippen LogP contribution >= 0.6 is 11.6 Å². The third kappa shape index (κ3) is 3.79. The first-order valence-electron chi connectivity index (χ1n) is 7.19. The Balaban J connectivity index is 1.87. The number of nitrogens with two attached hydrogens (primary N) is 1. The Morgan fingerprint density at radius 1 is 1.04 bits per heavy atom. The Bertz CT molecular complexity index is 802. The molecule has 0 fully saturated rings. The molecule has 0 aliphatic heterocycles. The van der Waals surface area contributed by atoms with Gasteiger partial charge in [0.25, 0.3) is 0 Å². The highest BCUT2D eigenvalue weighted by Crippen LogP contribution is 2.28. The largest absolute Gasteiger partial charge is 0.489 e. The average Bonchev–Trinajstić information content (AvgIpc) is 2.54. The molecule has 4 nitrogen and oxygen atoms in total. The van der Waals surface area contributed by atoms with Crippen molar-refractivity contribution >= 4 is 17.5 Å². The van der Waals surface area contributed by atoms with Crippen LogP contribution in [0.4, 0.5) is 5.95 Å². The highest BCUT2D eigenvalue weighted by Gasteiger charge is 2.08. The highest BCUT2D eigenvalue weighted by molar-refractivity contribution is 6.29. The molecule has 2 aromatic carbocycles. The van der Waals surface area contributed by atoms with Crippen LogP contribution in [-0.4, -0.2) is 9.97 Å². The van der Waals surface area contributed by atoms with Gasteiger partial charge in [-0.2, -0.15) is 0 Å². The number of hydrogen-bond acceptors (Lipinski definition) is 4. The zero-order valence-electron chi connectivity index (χ0n) is 12.7. The predicted octanol–water partition coefficient (Wildman–Crippen LogP) is 4.27. The molecule has 0 unspecified atom stereocenters. The zero-order chi connectivity index (χ0) is 16.2. The summed E-state index contributed by atoms with van der Waals surface area (Å²) in [5, 5.41) is 0.322. The van der Waals surface area contributed by atoms with Gasteiger partial charge >= 0.3 is 0 Å². The summed E-state index contributed by atoms with van der Waals surface area (Å²) in [5.74, 6) is 0.922. The number of aryl methyl sites for hydroxylation is 1. The molecule has 116 valence electrons. The fraction of sp³-hybridized carbons (Fsp3) is 0.111. The van der Waals surface area contributed by atoms with Crippen LogP contribution in [0.15, 0.2) is 54.6 Å². The molecule has 23 heavy (non-hydrogen) atoms. The lowest BCUT2D eigenvalue weighted by molar-refractivity contribution is 0.306. The Kier molecular flexibility index (Phi) is 4.44. The number of benzene rings is 2. The molecule has 0 radical (unpaired) electrons. The van der Waals surface area contributed by atoms with Crippen molar-refractivity contribution in [2.24, 2.45) is 0 Å². The standard InChI is InChI=1S/C18H16ClN3O/c1-12-7-8-14(23-11-13-5-3-2-4-6-13)9-15(12)16-10-17(19)22-18(20)21-16/h2-10H,11H2,1H3,(H2,20,21,22). The average molecular weight is 326 g/mol. The number of halogens is 1. The molecule has 2 N–H and O–H groups in total. The van der Waals surface area contributed by atoms with Crippen molar-refractivity contribution in [3.05, 3.63) is 70.9 Å². The number of rotatable bonds is 4. The molecule has 0 saturated carbocycles. The van der Waals surface area contributed by atoms with Crippen molar-refractivity contribution in [2.45, 2.75) is 13.5 Å². The molecule has 0 atom stereocenters. The Hall–Kier alpha value is -2.59. The first-order chi connectivity index (χ1) is 11.1. The van der Waals surface area contributed by atoms with Crippen molar-refractivity contribution in [1.29, 1.82) is 0 Å². The molecular weight excluding hydrogens is 310 g/mol. The first-order valence-corrected chi connectivity index (χ1v) is 7.57. The molecule has 0 aliphatic carbocycles. The molecule has 3 rings (SSSR count). The normalized spacial score (nSPS) is 10.5. The van der Waals surface area contributed by atoms with Crippen LogP contribution in [0.1, 0.15) is 11.1 Å². The lowest BCUT2D eigenvalue weighted by Crippen LogP contribution is -1.99. The number of hydrogen-bond donors (Lipinski definition) is 1. The van der Waals surface area contributed by atoms with E-state index in [1.807, 2.05) is 55.5 Å². The van der Waals surface area contributed by atoms with E-state index in [1.54, 1.807) is 6.07 Å². The first kappa shape index (κ1) is 15.3. The number of nitrogen functional groups attached to an aromatic ring is 1. The van der Waals surface area contributed by atoms with Gasteiger partial charge in [0.15, 0.2) is 0 Å². The van der Waals surface area contributed by atoms with E-state index in [1.165, 1.54) is 0 Å². The summed E-state index contributed by atoms with van der Waals surface area (Å²) in [4.78, 5) is 8.14. The number of aromatic nitrogens is 2. The van der Waals surface area contributed by atoms with Gasteiger partial charge in [0, 0.05) is 11.6 Å². The second-order valence-electron chi connectivity index (χ2n) is 5.19. The Morgan fingerprint density at radius 2 is 1.83 bits per heavy atom. The van der Waals surface area contributed by atoms with E-state index >= 15 is 0 Å². The zero-order valence-corrected chi connectivity index (χ0v) is 13.4. The molecule has 0 saturated heterocycles. The monoisotopic (exact) mass is 325 g/mol. The maximum Gasteiger partial charge on any atom is 0.221 e. The summed E-state index contributed by atoms with van der Waals surface area (Å²) in [5.41, 5.74) is 9.47. The third-order valence-electron chi connectivity index (χ3n) is 3.45. The van der Waals surface area contributed by atoms with Crippen LogP contribution < -0.4 is 10.5 Å². The van der Waals surface area contributed by atoms with Gasteiger partial charge in [-0.3, -0.25) is 0 Å². The van der Waals surface area contributed by atoms with Crippen LogP contribution in [0.25, 0.3) is 11.3 Å². The van der Waals surface area contributed by atoms with Crippen molar-refractivity contribution < 1.29 is 4.74 Å². The Labute approximate surface area is 139 Å². The molecule has 0 bridgehead atoms. The second-order valence-corrected chi connectivity index (χ2v) is 5.57. The predicted molar refractivity (Wildman–Crippen MR) is 92.4 cm³/mol. The van der Waals surface area contributed by atoms with Crippen LogP contribution in [0.3, 0.4) is 0 Å². The van der Waals surface area contributed by atoms with Crippen molar-refractivity contribution in [3.63, 3.8) is 0 Å². The molecule has 0 aliphatic rings. The van der Waals surface area contributed by atoms with Gasteiger partial charge in [-0.15, -0.1) is 0 Å². The van der Waals surface area contributed by atoms with Crippen LogP contribution in [-0.2, 0) is 6.61 Å². The lowest BCUT2D eigenvalue weighted by atomic mass is 10.1. The van der Waals surface area contributed by atoms with E-state index < -0.39 is 0 Å². The van der Waals surface area contributed by atoms with Gasteiger partial charge in [0.1, 0.15) is 17.5 Å². The second kappa shape index (κ2) is 6.67. The number of ether oxygens (including phenoxy) is 1. The van der Waals surface area contributed by atoms with E-state index in [9.17, 15) is 0 Å². The molecule has 5 heteroatoms. The lowest BCUT2D eigenvalue weighted by Gasteiger charge is -2.11. The third-order valence-corrected chi connectivity index (χ3v) is 3.64. The van der Waals surface area contributed by atoms with Gasteiger partial charge in [0.2, 0.25) is 5.95 Å². The molecule has 3 aromatic rings. The summed E-state index contributed by atoms with van der Waals surface area (Å²) in [6.07, 6.45) is 0. The summed E-state index contributed by atoms with van der Waals surface area (Å²) in [7, 11) is 0. The minimum Gasteiger partial charge on any atom is -0.489 e. The Morgan fingerprint density at radius 3 is 2.57 bits per heavy atom. The topological polar surface area (TPSA) is 61.0 Å². The van der Waals surface area contributed by atoms with E-state index in [4.69, 9.17) is 22.1 Å². The minimum atomic E-state index is 0.155. The van der Waals surface area contributed by atoms with Gasteiger partial charge in [-0.25, -0.2) is 9.97 Å². The fourth-order valence-electron chi connectivity index (χ4n) is 2.28. The summed E-state index contributed by atoms with van der Waals surface area (Å²) >= 11 is 5.97. The quantitative estimate of drug-likeness (QED) is 0.728. The summed E-state index contributed by atoms with van der Waals surface area (Å²) < 4.78 is 5.86. The van der Waals surface area contributed by atoms with Gasteiger partial charge in [-0.1, -0.05) is 48.0 Å². The molecule has 1 aromatic heterocycles. The van der Waals surface area contributed by atoms with Crippen LogP contribution in [0.5, 0.6) is 5.75 Å². The smallest absolute Gasteiger partial charge is 0.221 e. The van der Waals surface area contributed by atoms with Crippen molar-refractivity contribution in [1.82, 2.24) is 9.97 Å². The van der Waals surface area contributed by atoms with E-state index in [0.29, 0.717) is 17.5 Å². The number of anilines is 1. The van der Waals surface area contributed by atoms with Gasteiger partial charge in [0.05, 0.1) is 5.69 Å². The minimum absolute atomic E-state index is 0.155. The van der Waals surface area contributed by atoms with Gasteiger partial charge in [-0.05, 0) is 30.2 Å².